The Morgan fingerprint density at radius 3 is 2.32 bits per heavy atom. The molecular formula is C15H24N4O9. The first kappa shape index (κ1) is 23.3. The third kappa shape index (κ3) is 6.16. The van der Waals surface area contributed by atoms with Gasteiger partial charge in [-0.25, -0.2) is 4.79 Å². The van der Waals surface area contributed by atoms with Crippen LogP contribution in [0.15, 0.2) is 11.8 Å². The van der Waals surface area contributed by atoms with Crippen LogP contribution in [0.5, 0.6) is 0 Å². The largest absolute Gasteiger partial charge is 0.478 e. The van der Waals surface area contributed by atoms with Gasteiger partial charge >= 0.3 is 5.97 Å². The van der Waals surface area contributed by atoms with E-state index in [-0.39, 0.29) is 0 Å². The molecule has 1 heterocycles. The Morgan fingerprint density at radius 2 is 1.86 bits per heavy atom. The fourth-order valence-corrected chi connectivity index (χ4v) is 2.58. The lowest BCUT2D eigenvalue weighted by Crippen LogP contribution is -2.64. The smallest absolute Gasteiger partial charge is 0.370 e. The molecule has 0 aromatic rings. The quantitative estimate of drug-likeness (QED) is 0.183. The molecule has 0 saturated heterocycles. The Bertz CT molecular complexity index is 653. The van der Waals surface area contributed by atoms with E-state index in [2.05, 4.69) is 10.6 Å². The monoisotopic (exact) mass is 404 g/mol. The summed E-state index contributed by atoms with van der Waals surface area (Å²) in [4.78, 5) is 46.0. The van der Waals surface area contributed by atoms with Crippen molar-refractivity contribution in [3.63, 3.8) is 0 Å². The number of ether oxygens (including phenoxy) is 1. The van der Waals surface area contributed by atoms with E-state index in [0.717, 1.165) is 13.0 Å². The molecule has 0 saturated carbocycles. The molecule has 158 valence electrons. The Morgan fingerprint density at radius 1 is 1.25 bits per heavy atom. The van der Waals surface area contributed by atoms with Gasteiger partial charge in [0.2, 0.25) is 23.5 Å². The van der Waals surface area contributed by atoms with E-state index in [1.807, 2.05) is 0 Å². The number of primary amides is 1. The van der Waals surface area contributed by atoms with Crippen LogP contribution in [0.1, 0.15) is 13.3 Å². The van der Waals surface area contributed by atoms with Crippen LogP contribution in [0.4, 0.5) is 0 Å². The Balaban J connectivity index is 3.23. The van der Waals surface area contributed by atoms with Crippen LogP contribution in [0.2, 0.25) is 0 Å². The molecule has 0 bridgehead atoms. The summed E-state index contributed by atoms with van der Waals surface area (Å²) in [5.74, 6) is -4.55. The lowest BCUT2D eigenvalue weighted by atomic mass is 9.91. The van der Waals surface area contributed by atoms with Crippen LogP contribution in [-0.2, 0) is 23.9 Å². The number of hydrogen-bond acceptors (Lipinski definition) is 9. The van der Waals surface area contributed by atoms with Crippen LogP contribution in [-0.4, -0.2) is 87.2 Å². The topological polar surface area (TPSA) is 235 Å². The normalized spacial score (nSPS) is 24.8. The van der Waals surface area contributed by atoms with Crippen molar-refractivity contribution in [1.29, 1.82) is 0 Å². The van der Waals surface area contributed by atoms with E-state index in [1.54, 1.807) is 0 Å². The third-order valence-electron chi connectivity index (χ3n) is 3.90. The first-order valence-electron chi connectivity index (χ1n) is 8.18. The number of rotatable bonds is 9. The minimum Gasteiger partial charge on any atom is -0.478 e. The minimum atomic E-state index is -1.82. The zero-order valence-electron chi connectivity index (χ0n) is 14.9. The number of hydrogen-bond donors (Lipinski definition) is 8. The first-order valence-corrected chi connectivity index (χ1v) is 8.18. The predicted molar refractivity (Wildman–Crippen MR) is 91.0 cm³/mol. The highest BCUT2D eigenvalue weighted by Gasteiger charge is 2.44. The van der Waals surface area contributed by atoms with Crippen molar-refractivity contribution < 1.29 is 44.3 Å². The molecule has 1 rings (SSSR count). The van der Waals surface area contributed by atoms with Crippen LogP contribution in [0, 0.1) is 0 Å². The molecule has 13 nitrogen and oxygen atoms in total. The molecule has 3 amide bonds. The van der Waals surface area contributed by atoms with Crippen molar-refractivity contribution in [3.05, 3.63) is 11.8 Å². The SMILES string of the molecule is CC(=O)N[C@H]1[C@H]([C@H](O)[C@H](O)CO)OC(C(=O)O)=C[C@@H]1NC(=O)[C@@H](N)CC(N)=O. The van der Waals surface area contributed by atoms with E-state index in [9.17, 15) is 34.5 Å². The molecule has 0 fully saturated rings. The fourth-order valence-electron chi connectivity index (χ4n) is 2.58. The second-order valence-electron chi connectivity index (χ2n) is 6.20. The van der Waals surface area contributed by atoms with Crippen LogP contribution in [0.3, 0.4) is 0 Å². The molecule has 13 heteroatoms. The van der Waals surface area contributed by atoms with E-state index >= 15 is 0 Å². The number of aliphatic carboxylic acids is 1. The van der Waals surface area contributed by atoms with Crippen molar-refractivity contribution in [2.75, 3.05) is 6.61 Å². The van der Waals surface area contributed by atoms with Gasteiger partial charge in [-0.1, -0.05) is 0 Å². The van der Waals surface area contributed by atoms with E-state index in [4.69, 9.17) is 21.3 Å². The molecule has 0 aromatic carbocycles. The van der Waals surface area contributed by atoms with Gasteiger partial charge in [0.25, 0.3) is 0 Å². The van der Waals surface area contributed by atoms with Crippen molar-refractivity contribution in [2.24, 2.45) is 11.5 Å². The number of aliphatic hydroxyl groups excluding tert-OH is 3. The third-order valence-corrected chi connectivity index (χ3v) is 3.90. The van der Waals surface area contributed by atoms with E-state index in [0.29, 0.717) is 0 Å². The van der Waals surface area contributed by atoms with Crippen molar-refractivity contribution >= 4 is 23.7 Å². The molecule has 1 aliphatic rings. The molecule has 0 spiro atoms. The molecule has 0 unspecified atom stereocenters. The molecule has 0 radical (unpaired) electrons. The number of amides is 3. The summed E-state index contributed by atoms with van der Waals surface area (Å²) in [7, 11) is 0. The van der Waals surface area contributed by atoms with Gasteiger partial charge in [0.15, 0.2) is 0 Å². The van der Waals surface area contributed by atoms with E-state index in [1.165, 1.54) is 0 Å². The maximum absolute atomic E-state index is 12.2. The summed E-state index contributed by atoms with van der Waals surface area (Å²) in [6, 6.07) is -3.81. The highest BCUT2D eigenvalue weighted by Crippen LogP contribution is 2.23. The van der Waals surface area contributed by atoms with Gasteiger partial charge in [0.1, 0.15) is 18.3 Å². The number of carbonyl (C=O) groups excluding carboxylic acids is 3. The maximum atomic E-state index is 12.2. The molecule has 0 aliphatic carbocycles. The molecule has 10 N–H and O–H groups in total. The van der Waals surface area contributed by atoms with Gasteiger partial charge in [-0.3, -0.25) is 14.4 Å². The standard InChI is InChI=1S/C15H24N4O9/c1-5(21)18-11-7(19-14(25)6(16)2-10(17)23)3-9(15(26)27)28-13(11)12(24)8(22)4-20/h3,6-8,11-13,20,22,24H,2,4,16H2,1H3,(H2,17,23)(H,18,21)(H,19,25)(H,26,27)/t6-,7-,8+,11+,12+,13+/m0/s1. The second-order valence-corrected chi connectivity index (χ2v) is 6.20. The Kier molecular flexibility index (Phi) is 8.31. The van der Waals surface area contributed by atoms with Gasteiger partial charge in [0, 0.05) is 6.92 Å². The number of carboxylic acid groups (broad SMARTS) is 1. The average molecular weight is 404 g/mol. The zero-order chi connectivity index (χ0) is 21.6. The minimum absolute atomic E-state index is 0.482. The highest BCUT2D eigenvalue weighted by molar-refractivity contribution is 5.88. The number of carboxylic acids is 1. The van der Waals surface area contributed by atoms with Crippen molar-refractivity contribution in [1.82, 2.24) is 10.6 Å². The average Bonchev–Trinajstić information content (AvgIpc) is 2.60. The Labute approximate surface area is 159 Å². The molecular weight excluding hydrogens is 380 g/mol. The number of aliphatic hydroxyl groups is 3. The van der Waals surface area contributed by atoms with Gasteiger partial charge in [0.05, 0.1) is 31.2 Å². The first-order chi connectivity index (χ1) is 13.0. The van der Waals surface area contributed by atoms with Crippen LogP contribution in [0.25, 0.3) is 0 Å². The molecule has 28 heavy (non-hydrogen) atoms. The lowest BCUT2D eigenvalue weighted by Gasteiger charge is -2.40. The summed E-state index contributed by atoms with van der Waals surface area (Å²) >= 11 is 0. The van der Waals surface area contributed by atoms with Crippen molar-refractivity contribution in [2.45, 2.75) is 49.8 Å². The summed E-state index contributed by atoms with van der Waals surface area (Å²) in [6.45, 7) is 0.250. The molecule has 1 aliphatic heterocycles. The molecule has 6 atom stereocenters. The van der Waals surface area contributed by atoms with Crippen LogP contribution >= 0.6 is 0 Å². The predicted octanol–water partition coefficient (Wildman–Crippen LogP) is -4.74. The van der Waals surface area contributed by atoms with Gasteiger partial charge < -0.3 is 47.3 Å². The zero-order valence-corrected chi connectivity index (χ0v) is 14.9. The summed E-state index contributed by atoms with van der Waals surface area (Å²) in [5, 5.41) is 42.9. The summed E-state index contributed by atoms with van der Waals surface area (Å²) < 4.78 is 5.15. The Hall–Kier alpha value is -2.74. The van der Waals surface area contributed by atoms with Gasteiger partial charge in [-0.05, 0) is 6.08 Å². The highest BCUT2D eigenvalue weighted by atomic mass is 16.5. The summed E-state index contributed by atoms with van der Waals surface area (Å²) in [5.41, 5.74) is 10.5. The second kappa shape index (κ2) is 9.98. The van der Waals surface area contributed by atoms with Crippen molar-refractivity contribution in [3.8, 4) is 0 Å². The summed E-state index contributed by atoms with van der Waals surface area (Å²) in [6.07, 6.45) is -4.59. The number of carbonyl (C=O) groups is 4. The van der Waals surface area contributed by atoms with Gasteiger partial charge in [-0.2, -0.15) is 0 Å². The van der Waals surface area contributed by atoms with Crippen LogP contribution < -0.4 is 22.1 Å². The maximum Gasteiger partial charge on any atom is 0.370 e. The molecule has 0 aromatic heterocycles. The fraction of sp³-hybridized carbons (Fsp3) is 0.600. The van der Waals surface area contributed by atoms with Gasteiger partial charge in [-0.15, -0.1) is 0 Å². The number of nitrogens with two attached hydrogens (primary N) is 2. The van der Waals surface area contributed by atoms with E-state index < -0.39 is 78.9 Å². The number of nitrogens with one attached hydrogen (secondary N) is 2. The lowest BCUT2D eigenvalue weighted by molar-refractivity contribution is -0.147.